The van der Waals surface area contributed by atoms with Gasteiger partial charge in [0.1, 0.15) is 0 Å². The second-order valence-electron chi connectivity index (χ2n) is 4.48. The third-order valence-electron chi connectivity index (χ3n) is 2.67. The molecule has 0 spiro atoms. The molecule has 21 heavy (non-hydrogen) atoms. The summed E-state index contributed by atoms with van der Waals surface area (Å²) in [7, 11) is -4.40. The number of hydrogen-bond donors (Lipinski definition) is 0. The normalized spacial score (nSPS) is 23.7. The fraction of sp³-hybridized carbons (Fsp3) is 0.833. The molecule has 2 atom stereocenters. The van der Waals surface area contributed by atoms with Gasteiger partial charge >= 0.3 is 22.3 Å². The van der Waals surface area contributed by atoms with E-state index in [0.717, 1.165) is 12.8 Å². The predicted octanol–water partition coefficient (Wildman–Crippen LogP) is 0.702. The van der Waals surface area contributed by atoms with Gasteiger partial charge in [0.05, 0.1) is 13.2 Å². The van der Waals surface area contributed by atoms with Crippen molar-refractivity contribution in [2.75, 3.05) is 13.2 Å². The number of carbonyl (C=O) groups is 2. The summed E-state index contributed by atoms with van der Waals surface area (Å²) in [4.78, 5) is 23.5. The highest BCUT2D eigenvalue weighted by atomic mass is 32.3. The Morgan fingerprint density at radius 3 is 1.62 bits per heavy atom. The van der Waals surface area contributed by atoms with Crippen LogP contribution in [-0.2, 0) is 37.8 Å². The summed E-state index contributed by atoms with van der Waals surface area (Å²) in [5.41, 5.74) is 0. The van der Waals surface area contributed by atoms with Crippen LogP contribution in [0.1, 0.15) is 39.5 Å². The van der Waals surface area contributed by atoms with E-state index in [1.165, 1.54) is 0 Å². The summed E-state index contributed by atoms with van der Waals surface area (Å²) in [6.45, 7) is 4.04. The van der Waals surface area contributed by atoms with E-state index in [9.17, 15) is 18.0 Å². The Morgan fingerprint density at radius 2 is 1.29 bits per heavy atom. The van der Waals surface area contributed by atoms with Crippen molar-refractivity contribution in [2.24, 2.45) is 0 Å². The van der Waals surface area contributed by atoms with E-state index in [1.807, 2.05) is 13.8 Å². The lowest BCUT2D eigenvalue weighted by Crippen LogP contribution is -2.39. The number of unbranched alkanes of at least 4 members (excludes halogenated alkanes) is 2. The molecule has 9 heteroatoms. The van der Waals surface area contributed by atoms with Gasteiger partial charge in [-0.15, -0.1) is 0 Å². The molecular weight excluding hydrogens is 304 g/mol. The second-order valence-corrected chi connectivity index (χ2v) is 5.69. The van der Waals surface area contributed by atoms with Crippen molar-refractivity contribution in [1.29, 1.82) is 0 Å². The van der Waals surface area contributed by atoms with Crippen LogP contribution in [-0.4, -0.2) is 45.8 Å². The van der Waals surface area contributed by atoms with Gasteiger partial charge in [0.25, 0.3) is 0 Å². The van der Waals surface area contributed by atoms with E-state index in [1.54, 1.807) is 0 Å². The molecule has 1 heterocycles. The van der Waals surface area contributed by atoms with Crippen LogP contribution in [0.15, 0.2) is 0 Å². The maximum absolute atomic E-state index is 11.8. The SMILES string of the molecule is CCCCOC(=O)C1OS(=O)(=O)OC1C(=O)OCCCC. The summed E-state index contributed by atoms with van der Waals surface area (Å²) >= 11 is 0. The minimum absolute atomic E-state index is 0.118. The summed E-state index contributed by atoms with van der Waals surface area (Å²) in [5.74, 6) is -1.91. The van der Waals surface area contributed by atoms with Gasteiger partial charge in [-0.2, -0.15) is 8.42 Å². The summed E-state index contributed by atoms with van der Waals surface area (Å²) in [6, 6.07) is 0. The number of hydrogen-bond acceptors (Lipinski definition) is 8. The van der Waals surface area contributed by atoms with Crippen LogP contribution in [0.5, 0.6) is 0 Å². The Kier molecular flexibility index (Phi) is 7.06. The van der Waals surface area contributed by atoms with Crippen molar-refractivity contribution < 1.29 is 35.8 Å². The molecule has 0 aliphatic carbocycles. The average Bonchev–Trinajstić information content (AvgIpc) is 2.75. The zero-order valence-electron chi connectivity index (χ0n) is 12.1. The fourth-order valence-corrected chi connectivity index (χ4v) is 2.41. The largest absolute Gasteiger partial charge is 0.464 e. The topological polar surface area (TPSA) is 105 Å². The molecule has 1 fully saturated rings. The molecule has 0 N–H and O–H groups in total. The van der Waals surface area contributed by atoms with E-state index in [-0.39, 0.29) is 13.2 Å². The minimum atomic E-state index is -4.40. The van der Waals surface area contributed by atoms with E-state index in [0.29, 0.717) is 12.8 Å². The molecule has 0 aromatic rings. The van der Waals surface area contributed by atoms with Gasteiger partial charge < -0.3 is 9.47 Å². The molecule has 1 rings (SSSR count). The van der Waals surface area contributed by atoms with Crippen LogP contribution < -0.4 is 0 Å². The molecule has 0 aromatic carbocycles. The quantitative estimate of drug-likeness (QED) is 0.474. The average molecular weight is 324 g/mol. The number of esters is 2. The molecule has 0 radical (unpaired) electrons. The van der Waals surface area contributed by atoms with E-state index in [4.69, 9.17) is 9.47 Å². The van der Waals surface area contributed by atoms with Crippen molar-refractivity contribution in [2.45, 2.75) is 51.7 Å². The highest BCUT2D eigenvalue weighted by Gasteiger charge is 2.50. The zero-order chi connectivity index (χ0) is 15.9. The fourth-order valence-electron chi connectivity index (χ4n) is 1.50. The van der Waals surface area contributed by atoms with Crippen molar-refractivity contribution in [3.05, 3.63) is 0 Å². The monoisotopic (exact) mass is 324 g/mol. The molecule has 0 bridgehead atoms. The van der Waals surface area contributed by atoms with Crippen LogP contribution in [0.3, 0.4) is 0 Å². The number of ether oxygens (including phenoxy) is 2. The van der Waals surface area contributed by atoms with E-state index < -0.39 is 34.5 Å². The van der Waals surface area contributed by atoms with Gasteiger partial charge in [-0.3, -0.25) is 0 Å². The molecule has 122 valence electrons. The van der Waals surface area contributed by atoms with Crippen molar-refractivity contribution >= 4 is 22.3 Å². The predicted molar refractivity (Wildman–Crippen MR) is 70.4 cm³/mol. The lowest BCUT2D eigenvalue weighted by atomic mass is 10.2. The summed E-state index contributed by atoms with van der Waals surface area (Å²) < 4.78 is 41.1. The minimum Gasteiger partial charge on any atom is -0.464 e. The molecule has 8 nitrogen and oxygen atoms in total. The maximum atomic E-state index is 11.8. The van der Waals surface area contributed by atoms with Crippen LogP contribution in [0.4, 0.5) is 0 Å². The molecule has 1 aliphatic rings. The van der Waals surface area contributed by atoms with E-state index in [2.05, 4.69) is 8.37 Å². The first-order chi connectivity index (χ1) is 9.91. The molecule has 0 saturated carbocycles. The Balaban J connectivity index is 2.65. The number of carbonyl (C=O) groups excluding carboxylic acids is 2. The van der Waals surface area contributed by atoms with Crippen LogP contribution in [0.25, 0.3) is 0 Å². The van der Waals surface area contributed by atoms with Gasteiger partial charge in [0, 0.05) is 0 Å². The molecular formula is C12H20O8S. The molecule has 1 saturated heterocycles. The molecule has 2 unspecified atom stereocenters. The Hall–Kier alpha value is -1.19. The first-order valence-corrected chi connectivity index (χ1v) is 8.19. The maximum Gasteiger partial charge on any atom is 0.401 e. The summed E-state index contributed by atoms with van der Waals surface area (Å²) in [5, 5.41) is 0. The first kappa shape index (κ1) is 17.9. The second kappa shape index (κ2) is 8.30. The number of rotatable bonds is 8. The van der Waals surface area contributed by atoms with Crippen molar-refractivity contribution in [3.63, 3.8) is 0 Å². The third kappa shape index (κ3) is 5.60. The van der Waals surface area contributed by atoms with Crippen LogP contribution >= 0.6 is 0 Å². The zero-order valence-corrected chi connectivity index (χ0v) is 12.9. The van der Waals surface area contributed by atoms with Gasteiger partial charge in [0.15, 0.2) is 0 Å². The standard InChI is InChI=1S/C12H20O8S/c1-3-5-7-17-11(13)9-10(20-21(15,16)19-9)12(14)18-8-6-4-2/h9-10H,3-8H2,1-2H3. The van der Waals surface area contributed by atoms with Gasteiger partial charge in [-0.1, -0.05) is 26.7 Å². The van der Waals surface area contributed by atoms with Gasteiger partial charge in [-0.05, 0) is 12.8 Å². The highest BCUT2D eigenvalue weighted by molar-refractivity contribution is 7.82. The Bertz CT molecular complexity index is 422. The molecule has 1 aliphatic heterocycles. The van der Waals surface area contributed by atoms with Gasteiger partial charge in [0.2, 0.25) is 12.2 Å². The molecule has 0 aromatic heterocycles. The smallest absolute Gasteiger partial charge is 0.401 e. The van der Waals surface area contributed by atoms with Crippen LogP contribution in [0, 0.1) is 0 Å². The lowest BCUT2D eigenvalue weighted by Gasteiger charge is -2.13. The van der Waals surface area contributed by atoms with Crippen molar-refractivity contribution in [3.8, 4) is 0 Å². The van der Waals surface area contributed by atoms with Crippen molar-refractivity contribution in [1.82, 2.24) is 0 Å². The van der Waals surface area contributed by atoms with Crippen LogP contribution in [0.2, 0.25) is 0 Å². The Morgan fingerprint density at radius 1 is 0.905 bits per heavy atom. The third-order valence-corrected chi connectivity index (χ3v) is 3.55. The first-order valence-electron chi connectivity index (χ1n) is 6.86. The summed E-state index contributed by atoms with van der Waals surface area (Å²) in [6.07, 6.45) is -0.455. The van der Waals surface area contributed by atoms with E-state index >= 15 is 0 Å². The lowest BCUT2D eigenvalue weighted by molar-refractivity contribution is -0.163. The Labute approximate surface area is 124 Å². The van der Waals surface area contributed by atoms with Gasteiger partial charge in [-0.25, -0.2) is 18.0 Å². The highest BCUT2D eigenvalue weighted by Crippen LogP contribution is 2.23. The molecule has 0 amide bonds.